The Bertz CT molecular complexity index is 503. The molecule has 0 aromatic carbocycles. The second kappa shape index (κ2) is 2.67. The Morgan fingerprint density at radius 2 is 2.20 bits per heavy atom. The highest BCUT2D eigenvalue weighted by atomic mass is 32.2. The first kappa shape index (κ1) is 10.3. The van der Waals surface area contributed by atoms with Gasteiger partial charge in [0, 0.05) is 6.26 Å². The molecule has 1 aliphatic heterocycles. The lowest BCUT2D eigenvalue weighted by Crippen LogP contribution is -2.21. The Morgan fingerprint density at radius 1 is 1.60 bits per heavy atom. The molecule has 15 heavy (non-hydrogen) atoms. The molecule has 82 valence electrons. The van der Waals surface area contributed by atoms with Gasteiger partial charge in [0.05, 0.1) is 4.92 Å². The van der Waals surface area contributed by atoms with Crippen molar-refractivity contribution in [2.75, 3.05) is 6.26 Å². The normalized spacial score (nSPS) is 33.9. The summed E-state index contributed by atoms with van der Waals surface area (Å²) in [6, 6.07) is 0. The second-order valence-corrected chi connectivity index (χ2v) is 5.78. The van der Waals surface area contributed by atoms with E-state index < -0.39 is 26.5 Å². The molecular formula is C8H9NO5S. The minimum atomic E-state index is -3.58. The summed E-state index contributed by atoms with van der Waals surface area (Å²) in [5, 5.41) is 10.8. The second-order valence-electron chi connectivity index (χ2n) is 3.79. The highest BCUT2D eigenvalue weighted by Gasteiger charge is 2.61. The van der Waals surface area contributed by atoms with Gasteiger partial charge in [-0.3, -0.25) is 10.1 Å². The van der Waals surface area contributed by atoms with Crippen molar-refractivity contribution in [2.24, 2.45) is 0 Å². The highest BCUT2D eigenvalue weighted by Crippen LogP contribution is 2.47. The Morgan fingerprint density at radius 3 is 2.67 bits per heavy atom. The molecule has 6 nitrogen and oxygen atoms in total. The average Bonchev–Trinajstić information content (AvgIpc) is 2.71. The van der Waals surface area contributed by atoms with Crippen LogP contribution in [0.25, 0.3) is 0 Å². The van der Waals surface area contributed by atoms with E-state index in [0.29, 0.717) is 0 Å². The quantitative estimate of drug-likeness (QED) is 0.386. The van der Waals surface area contributed by atoms with Crippen LogP contribution in [0.2, 0.25) is 0 Å². The number of fused-ring (bicyclic) bond motifs is 1. The van der Waals surface area contributed by atoms with E-state index in [9.17, 15) is 18.5 Å². The van der Waals surface area contributed by atoms with Crippen molar-refractivity contribution in [1.29, 1.82) is 0 Å². The van der Waals surface area contributed by atoms with Crippen molar-refractivity contribution >= 4 is 9.84 Å². The van der Waals surface area contributed by atoms with Crippen molar-refractivity contribution in [3.8, 4) is 0 Å². The minimum Gasteiger partial charge on any atom is -0.350 e. The molecule has 2 aliphatic rings. The van der Waals surface area contributed by atoms with Gasteiger partial charge in [-0.25, -0.2) is 8.42 Å². The number of epoxide rings is 1. The first-order valence-electron chi connectivity index (χ1n) is 4.21. The van der Waals surface area contributed by atoms with E-state index in [-0.39, 0.29) is 10.6 Å². The fourth-order valence-corrected chi connectivity index (χ4v) is 2.51. The third-order valence-electron chi connectivity index (χ3n) is 2.50. The average molecular weight is 231 g/mol. The number of sulfone groups is 1. The van der Waals surface area contributed by atoms with Crippen LogP contribution in [0.3, 0.4) is 0 Å². The predicted molar refractivity (Wildman–Crippen MR) is 51.3 cm³/mol. The van der Waals surface area contributed by atoms with Crippen LogP contribution in [-0.4, -0.2) is 31.3 Å². The van der Waals surface area contributed by atoms with E-state index in [1.54, 1.807) is 13.0 Å². The predicted octanol–water partition coefficient (Wildman–Crippen LogP) is 0.247. The molecule has 0 amide bonds. The molecule has 0 aromatic heterocycles. The maximum Gasteiger partial charge on any atom is 0.296 e. The molecule has 0 aromatic rings. The number of allylic oxidation sites excluding steroid dienone is 1. The third-order valence-corrected chi connectivity index (χ3v) is 3.64. The molecule has 1 fully saturated rings. The van der Waals surface area contributed by atoms with Crippen LogP contribution in [0.1, 0.15) is 6.92 Å². The monoisotopic (exact) mass is 231 g/mol. The Labute approximate surface area is 86.3 Å². The van der Waals surface area contributed by atoms with Crippen LogP contribution in [0.4, 0.5) is 0 Å². The lowest BCUT2D eigenvalue weighted by molar-refractivity contribution is -0.429. The van der Waals surface area contributed by atoms with E-state index in [4.69, 9.17) is 4.74 Å². The van der Waals surface area contributed by atoms with Crippen molar-refractivity contribution in [3.05, 3.63) is 32.9 Å². The van der Waals surface area contributed by atoms with Gasteiger partial charge in [0.15, 0.2) is 15.9 Å². The van der Waals surface area contributed by atoms with Gasteiger partial charge in [-0.15, -0.1) is 0 Å². The molecule has 0 spiro atoms. The molecule has 1 heterocycles. The summed E-state index contributed by atoms with van der Waals surface area (Å²) in [6.07, 6.45) is 3.00. The standard InChI is InChI=1S/C8H9NO5S/c1-8-4-3-5(15(2,12)13)6(9(10)11)7(8)14-8/h3-4,7H,1-2H3. The maximum absolute atomic E-state index is 11.3. The van der Waals surface area contributed by atoms with E-state index in [2.05, 4.69) is 0 Å². The van der Waals surface area contributed by atoms with Gasteiger partial charge in [0.1, 0.15) is 10.5 Å². The van der Waals surface area contributed by atoms with Gasteiger partial charge in [0.2, 0.25) is 0 Å². The van der Waals surface area contributed by atoms with Gasteiger partial charge in [-0.1, -0.05) is 0 Å². The van der Waals surface area contributed by atoms with Gasteiger partial charge >= 0.3 is 0 Å². The summed E-state index contributed by atoms with van der Waals surface area (Å²) >= 11 is 0. The minimum absolute atomic E-state index is 0.257. The lowest BCUT2D eigenvalue weighted by Gasteiger charge is -2.07. The van der Waals surface area contributed by atoms with Gasteiger partial charge in [0.25, 0.3) is 5.70 Å². The molecule has 7 heteroatoms. The van der Waals surface area contributed by atoms with E-state index in [1.807, 2.05) is 0 Å². The van der Waals surface area contributed by atoms with Crippen molar-refractivity contribution in [2.45, 2.75) is 18.6 Å². The largest absolute Gasteiger partial charge is 0.350 e. The topological polar surface area (TPSA) is 89.8 Å². The Hall–Kier alpha value is -1.21. The smallest absolute Gasteiger partial charge is 0.296 e. The number of hydrogen-bond acceptors (Lipinski definition) is 5. The SMILES string of the molecule is CC12C=CC(S(C)(=O)=O)=C([N+](=O)[O-])C1O2. The molecule has 2 atom stereocenters. The van der Waals surface area contributed by atoms with Gasteiger partial charge in [-0.2, -0.15) is 0 Å². The number of hydrogen-bond donors (Lipinski definition) is 0. The first-order chi connectivity index (χ1) is 6.76. The third kappa shape index (κ3) is 1.47. The van der Waals surface area contributed by atoms with E-state index in [0.717, 1.165) is 6.26 Å². The Kier molecular flexibility index (Phi) is 1.84. The van der Waals surface area contributed by atoms with Crippen LogP contribution in [0.15, 0.2) is 22.8 Å². The molecule has 0 N–H and O–H groups in total. The summed E-state index contributed by atoms with van der Waals surface area (Å²) in [6.45, 7) is 1.68. The molecule has 0 saturated carbocycles. The van der Waals surface area contributed by atoms with Crippen LogP contribution >= 0.6 is 0 Å². The number of rotatable bonds is 2. The molecule has 0 radical (unpaired) electrons. The summed E-state index contributed by atoms with van der Waals surface area (Å²) in [4.78, 5) is 9.82. The van der Waals surface area contributed by atoms with E-state index >= 15 is 0 Å². The van der Waals surface area contributed by atoms with E-state index in [1.165, 1.54) is 6.08 Å². The summed E-state index contributed by atoms with van der Waals surface area (Å²) in [7, 11) is -3.58. The van der Waals surface area contributed by atoms with Crippen LogP contribution in [0.5, 0.6) is 0 Å². The summed E-state index contributed by atoms with van der Waals surface area (Å²) in [5.74, 6) is 0. The molecule has 1 aliphatic carbocycles. The van der Waals surface area contributed by atoms with Crippen LogP contribution < -0.4 is 0 Å². The van der Waals surface area contributed by atoms with Gasteiger partial charge in [-0.05, 0) is 19.1 Å². The summed E-state index contributed by atoms with van der Waals surface area (Å²) in [5.41, 5.74) is -1.06. The van der Waals surface area contributed by atoms with Crippen LogP contribution in [0, 0.1) is 10.1 Å². The molecule has 2 unspecified atom stereocenters. The number of nitro groups is 1. The molecular weight excluding hydrogens is 222 g/mol. The molecule has 2 rings (SSSR count). The van der Waals surface area contributed by atoms with Crippen LogP contribution in [-0.2, 0) is 14.6 Å². The lowest BCUT2D eigenvalue weighted by atomic mass is 10.0. The van der Waals surface area contributed by atoms with Crippen molar-refractivity contribution in [3.63, 3.8) is 0 Å². The number of nitrogens with zero attached hydrogens (tertiary/aromatic N) is 1. The first-order valence-corrected chi connectivity index (χ1v) is 6.10. The molecule has 0 bridgehead atoms. The van der Waals surface area contributed by atoms with Gasteiger partial charge < -0.3 is 4.74 Å². The Balaban J connectivity index is 2.60. The fraction of sp³-hybridized carbons (Fsp3) is 0.500. The zero-order valence-electron chi connectivity index (χ0n) is 8.13. The number of ether oxygens (including phenoxy) is 1. The van der Waals surface area contributed by atoms with Crippen molar-refractivity contribution < 1.29 is 18.1 Å². The maximum atomic E-state index is 11.3. The zero-order chi connectivity index (χ0) is 11.4. The molecule has 1 saturated heterocycles. The summed E-state index contributed by atoms with van der Waals surface area (Å²) < 4.78 is 27.7. The fourth-order valence-electron chi connectivity index (χ4n) is 1.63. The van der Waals surface area contributed by atoms with Crippen molar-refractivity contribution in [1.82, 2.24) is 0 Å². The highest BCUT2D eigenvalue weighted by molar-refractivity contribution is 7.94. The zero-order valence-corrected chi connectivity index (χ0v) is 8.95.